The summed E-state index contributed by atoms with van der Waals surface area (Å²) in [6, 6.07) is 8.60. The van der Waals surface area contributed by atoms with E-state index in [4.69, 9.17) is 11.6 Å². The van der Waals surface area contributed by atoms with E-state index in [0.29, 0.717) is 6.04 Å². The highest BCUT2D eigenvalue weighted by atomic mass is 35.5. The van der Waals surface area contributed by atoms with Crippen LogP contribution >= 0.6 is 23.4 Å². The van der Waals surface area contributed by atoms with Gasteiger partial charge >= 0.3 is 0 Å². The van der Waals surface area contributed by atoms with E-state index < -0.39 is 0 Å². The van der Waals surface area contributed by atoms with Crippen molar-refractivity contribution in [2.45, 2.75) is 18.9 Å². The zero-order valence-electron chi connectivity index (χ0n) is 9.29. The van der Waals surface area contributed by atoms with Crippen LogP contribution in [0.1, 0.15) is 12.0 Å². The monoisotopic (exact) mass is 243 g/mol. The Morgan fingerprint density at radius 3 is 2.73 bits per heavy atom. The van der Waals surface area contributed by atoms with E-state index in [1.807, 2.05) is 37.0 Å². The SMILES string of the molecule is CNC(CCSC)Cc1ccccc1Cl. The molecule has 1 nitrogen and oxygen atoms in total. The van der Waals surface area contributed by atoms with E-state index in [1.54, 1.807) is 0 Å². The molecule has 1 rings (SSSR count). The summed E-state index contributed by atoms with van der Waals surface area (Å²) in [6.07, 6.45) is 4.34. The number of nitrogens with one attached hydrogen (secondary N) is 1. The summed E-state index contributed by atoms with van der Waals surface area (Å²) in [5, 5.41) is 4.22. The van der Waals surface area contributed by atoms with Crippen LogP contribution in [0.5, 0.6) is 0 Å². The van der Waals surface area contributed by atoms with Crippen LogP contribution in [-0.2, 0) is 6.42 Å². The van der Waals surface area contributed by atoms with Crippen molar-refractivity contribution in [3.05, 3.63) is 34.9 Å². The van der Waals surface area contributed by atoms with Crippen LogP contribution in [0.25, 0.3) is 0 Å². The Morgan fingerprint density at radius 1 is 1.40 bits per heavy atom. The minimum atomic E-state index is 0.525. The van der Waals surface area contributed by atoms with Gasteiger partial charge in [0.1, 0.15) is 0 Å². The summed E-state index contributed by atoms with van der Waals surface area (Å²) in [6.45, 7) is 0. The van der Waals surface area contributed by atoms with Crippen molar-refractivity contribution in [2.24, 2.45) is 0 Å². The first-order valence-electron chi connectivity index (χ1n) is 5.17. The number of benzene rings is 1. The van der Waals surface area contributed by atoms with Gasteiger partial charge in [-0.1, -0.05) is 29.8 Å². The lowest BCUT2D eigenvalue weighted by molar-refractivity contribution is 0.547. The molecule has 3 heteroatoms. The highest BCUT2D eigenvalue weighted by Crippen LogP contribution is 2.17. The average Bonchev–Trinajstić information content (AvgIpc) is 2.26. The van der Waals surface area contributed by atoms with Crippen molar-refractivity contribution >= 4 is 23.4 Å². The predicted octanol–water partition coefficient (Wildman–Crippen LogP) is 3.22. The second-order valence-corrected chi connectivity index (χ2v) is 4.96. The first-order valence-corrected chi connectivity index (χ1v) is 6.94. The van der Waals surface area contributed by atoms with Gasteiger partial charge in [-0.3, -0.25) is 0 Å². The predicted molar refractivity (Wildman–Crippen MR) is 71.0 cm³/mol. The van der Waals surface area contributed by atoms with Gasteiger partial charge in [-0.05, 0) is 43.5 Å². The van der Waals surface area contributed by atoms with Gasteiger partial charge in [0.05, 0.1) is 0 Å². The van der Waals surface area contributed by atoms with Gasteiger partial charge in [-0.25, -0.2) is 0 Å². The Kier molecular flexibility index (Phi) is 6.15. The largest absolute Gasteiger partial charge is 0.317 e. The molecular weight excluding hydrogens is 226 g/mol. The van der Waals surface area contributed by atoms with Gasteiger partial charge in [0.2, 0.25) is 0 Å². The van der Waals surface area contributed by atoms with Crippen molar-refractivity contribution < 1.29 is 0 Å². The van der Waals surface area contributed by atoms with Crippen molar-refractivity contribution in [3.8, 4) is 0 Å². The number of thioether (sulfide) groups is 1. The lowest BCUT2D eigenvalue weighted by atomic mass is 10.0. The van der Waals surface area contributed by atoms with Gasteiger partial charge in [0.15, 0.2) is 0 Å². The van der Waals surface area contributed by atoms with E-state index in [9.17, 15) is 0 Å². The van der Waals surface area contributed by atoms with Gasteiger partial charge in [0.25, 0.3) is 0 Å². The molecule has 15 heavy (non-hydrogen) atoms. The molecule has 1 atom stereocenters. The van der Waals surface area contributed by atoms with Crippen molar-refractivity contribution in [1.29, 1.82) is 0 Å². The summed E-state index contributed by atoms with van der Waals surface area (Å²) in [5.41, 5.74) is 1.24. The maximum Gasteiger partial charge on any atom is 0.0438 e. The molecule has 0 aliphatic heterocycles. The van der Waals surface area contributed by atoms with E-state index in [-0.39, 0.29) is 0 Å². The molecule has 0 aliphatic rings. The molecule has 0 radical (unpaired) electrons. The van der Waals surface area contributed by atoms with Crippen molar-refractivity contribution in [1.82, 2.24) is 5.32 Å². The molecule has 0 amide bonds. The summed E-state index contributed by atoms with van der Waals surface area (Å²) < 4.78 is 0. The fourth-order valence-electron chi connectivity index (χ4n) is 1.54. The Balaban J connectivity index is 2.54. The second kappa shape index (κ2) is 7.15. The Labute approximate surface area is 102 Å². The third kappa shape index (κ3) is 4.45. The molecule has 0 saturated carbocycles. The zero-order chi connectivity index (χ0) is 11.1. The third-order valence-corrected chi connectivity index (χ3v) is 3.52. The normalized spacial score (nSPS) is 12.7. The van der Waals surface area contributed by atoms with Crippen LogP contribution < -0.4 is 5.32 Å². The van der Waals surface area contributed by atoms with E-state index in [1.165, 1.54) is 17.7 Å². The van der Waals surface area contributed by atoms with Crippen molar-refractivity contribution in [2.75, 3.05) is 19.1 Å². The third-order valence-electron chi connectivity index (χ3n) is 2.50. The molecule has 0 aliphatic carbocycles. The van der Waals surface area contributed by atoms with E-state index >= 15 is 0 Å². The Hall–Kier alpha value is -0.180. The highest BCUT2D eigenvalue weighted by Gasteiger charge is 2.08. The Morgan fingerprint density at radius 2 is 2.13 bits per heavy atom. The number of rotatable bonds is 6. The fraction of sp³-hybridized carbons (Fsp3) is 0.500. The minimum absolute atomic E-state index is 0.525. The molecule has 1 unspecified atom stereocenters. The second-order valence-electron chi connectivity index (χ2n) is 3.56. The van der Waals surface area contributed by atoms with Crippen LogP contribution in [0, 0.1) is 0 Å². The minimum Gasteiger partial charge on any atom is -0.317 e. The van der Waals surface area contributed by atoms with Gasteiger partial charge in [-0.2, -0.15) is 11.8 Å². The first kappa shape index (κ1) is 12.9. The molecule has 0 aromatic heterocycles. The lowest BCUT2D eigenvalue weighted by Gasteiger charge is -2.16. The fourth-order valence-corrected chi connectivity index (χ4v) is 2.27. The smallest absolute Gasteiger partial charge is 0.0438 e. The quantitative estimate of drug-likeness (QED) is 0.824. The molecule has 1 aromatic carbocycles. The average molecular weight is 244 g/mol. The summed E-state index contributed by atoms with van der Waals surface area (Å²) >= 11 is 8.01. The summed E-state index contributed by atoms with van der Waals surface area (Å²) in [5.74, 6) is 1.19. The molecular formula is C12H18ClNS. The Bertz CT molecular complexity index is 291. The highest BCUT2D eigenvalue weighted by molar-refractivity contribution is 7.98. The van der Waals surface area contributed by atoms with Gasteiger partial charge in [-0.15, -0.1) is 0 Å². The van der Waals surface area contributed by atoms with Gasteiger partial charge < -0.3 is 5.32 Å². The van der Waals surface area contributed by atoms with Crippen molar-refractivity contribution in [3.63, 3.8) is 0 Å². The standard InChI is InChI=1S/C12H18ClNS/c1-14-11(7-8-15-2)9-10-5-3-4-6-12(10)13/h3-6,11,14H,7-9H2,1-2H3. The van der Waals surface area contributed by atoms with E-state index in [2.05, 4.69) is 17.6 Å². The molecule has 0 saturated heterocycles. The van der Waals surface area contributed by atoms with Crippen LogP contribution in [0.3, 0.4) is 0 Å². The summed E-state index contributed by atoms with van der Waals surface area (Å²) in [7, 11) is 2.02. The molecule has 0 heterocycles. The molecule has 1 N–H and O–H groups in total. The number of likely N-dealkylation sites (N-methyl/N-ethyl adjacent to an activating group) is 1. The van der Waals surface area contributed by atoms with Crippen LogP contribution in [0.15, 0.2) is 24.3 Å². The number of hydrogen-bond donors (Lipinski definition) is 1. The number of hydrogen-bond acceptors (Lipinski definition) is 2. The zero-order valence-corrected chi connectivity index (χ0v) is 10.9. The molecule has 0 spiro atoms. The van der Waals surface area contributed by atoms with Crippen LogP contribution in [0.4, 0.5) is 0 Å². The molecule has 1 aromatic rings. The molecule has 84 valence electrons. The number of halogens is 1. The van der Waals surface area contributed by atoms with Crippen LogP contribution in [-0.4, -0.2) is 25.1 Å². The summed E-state index contributed by atoms with van der Waals surface area (Å²) in [4.78, 5) is 0. The lowest BCUT2D eigenvalue weighted by Crippen LogP contribution is -2.28. The van der Waals surface area contributed by atoms with Gasteiger partial charge in [0, 0.05) is 11.1 Å². The topological polar surface area (TPSA) is 12.0 Å². The molecule has 0 fully saturated rings. The van der Waals surface area contributed by atoms with E-state index in [0.717, 1.165) is 11.4 Å². The van der Waals surface area contributed by atoms with Crippen LogP contribution in [0.2, 0.25) is 5.02 Å². The maximum atomic E-state index is 6.13. The molecule has 0 bridgehead atoms. The first-order chi connectivity index (χ1) is 7.27. The maximum absolute atomic E-state index is 6.13.